The number of fused-ring (bicyclic) bond motifs is 1. The second-order valence-electron chi connectivity index (χ2n) is 7.74. The van der Waals surface area contributed by atoms with Crippen LogP contribution in [0.4, 0.5) is 0 Å². The molecule has 1 saturated heterocycles. The summed E-state index contributed by atoms with van der Waals surface area (Å²) in [7, 11) is -3.64. The second kappa shape index (κ2) is 5.91. The van der Waals surface area contributed by atoms with E-state index in [0.29, 0.717) is 11.3 Å². The molecule has 2 aliphatic rings. The molecule has 26 heavy (non-hydrogen) atoms. The van der Waals surface area contributed by atoms with Crippen molar-refractivity contribution in [3.05, 3.63) is 65.7 Å². The molecule has 4 rings (SSSR count). The standard InChI is InChI=1S/C21H25NO3S/c1-16-11-13-18(14-12-16)26(24,25)22-19-10-6-7-15-21(19,22)20(2,23)17-8-4-3-5-9-17/h3-5,8-9,11-14,19,23H,6-7,10,15H2,1-2H3/t19-,20-,21+,22?/m0/s1. The average molecular weight is 372 g/mol. The highest BCUT2D eigenvalue weighted by Crippen LogP contribution is 2.62. The quantitative estimate of drug-likeness (QED) is 0.836. The average Bonchev–Trinajstić information content (AvgIpc) is 3.35. The predicted octanol–water partition coefficient (Wildman–Crippen LogP) is 3.59. The number of aliphatic hydroxyl groups is 1. The molecule has 1 saturated carbocycles. The zero-order valence-corrected chi connectivity index (χ0v) is 16.0. The number of aryl methyl sites for hydroxylation is 1. The second-order valence-corrected chi connectivity index (χ2v) is 9.55. The molecule has 0 amide bonds. The Morgan fingerprint density at radius 3 is 2.38 bits per heavy atom. The van der Waals surface area contributed by atoms with Crippen LogP contribution >= 0.6 is 0 Å². The molecule has 2 fully saturated rings. The Balaban J connectivity index is 1.79. The van der Waals surface area contributed by atoms with Gasteiger partial charge < -0.3 is 5.11 Å². The van der Waals surface area contributed by atoms with Gasteiger partial charge in [-0.2, -0.15) is 4.31 Å². The van der Waals surface area contributed by atoms with Crippen LogP contribution in [-0.2, 0) is 15.6 Å². The molecule has 1 unspecified atom stereocenters. The Labute approximate surface area is 155 Å². The number of hydrogen-bond acceptors (Lipinski definition) is 3. The highest BCUT2D eigenvalue weighted by atomic mass is 32.2. The normalized spacial score (nSPS) is 30.3. The Morgan fingerprint density at radius 2 is 1.73 bits per heavy atom. The van der Waals surface area contributed by atoms with E-state index in [1.807, 2.05) is 49.4 Å². The van der Waals surface area contributed by atoms with Crippen LogP contribution in [0.2, 0.25) is 0 Å². The molecular weight excluding hydrogens is 346 g/mol. The van der Waals surface area contributed by atoms with Gasteiger partial charge in [0, 0.05) is 6.04 Å². The molecule has 4 atom stereocenters. The van der Waals surface area contributed by atoms with Crippen LogP contribution in [0.25, 0.3) is 0 Å². The lowest BCUT2D eigenvalue weighted by Crippen LogP contribution is -2.45. The van der Waals surface area contributed by atoms with Gasteiger partial charge in [0.05, 0.1) is 10.4 Å². The van der Waals surface area contributed by atoms with Gasteiger partial charge in [0.25, 0.3) is 0 Å². The molecule has 1 aliphatic carbocycles. The van der Waals surface area contributed by atoms with Crippen molar-refractivity contribution in [2.24, 2.45) is 0 Å². The first-order valence-electron chi connectivity index (χ1n) is 9.21. The molecular formula is C21H25NO3S. The molecule has 2 aromatic carbocycles. The van der Waals surface area contributed by atoms with Crippen molar-refractivity contribution in [2.75, 3.05) is 0 Å². The Bertz CT molecular complexity index is 906. The van der Waals surface area contributed by atoms with Crippen LogP contribution in [0.5, 0.6) is 0 Å². The van der Waals surface area contributed by atoms with E-state index < -0.39 is 21.2 Å². The minimum absolute atomic E-state index is 0.141. The monoisotopic (exact) mass is 371 g/mol. The van der Waals surface area contributed by atoms with Crippen LogP contribution < -0.4 is 0 Å². The lowest BCUT2D eigenvalue weighted by Gasteiger charge is -2.36. The molecule has 0 radical (unpaired) electrons. The van der Waals surface area contributed by atoms with E-state index >= 15 is 0 Å². The fraction of sp³-hybridized carbons (Fsp3) is 0.429. The van der Waals surface area contributed by atoms with E-state index in [4.69, 9.17) is 0 Å². The van der Waals surface area contributed by atoms with Crippen molar-refractivity contribution in [3.8, 4) is 0 Å². The van der Waals surface area contributed by atoms with Gasteiger partial charge in [0.2, 0.25) is 10.0 Å². The summed E-state index contributed by atoms with van der Waals surface area (Å²) in [6, 6.07) is 16.3. The van der Waals surface area contributed by atoms with Crippen molar-refractivity contribution in [3.63, 3.8) is 0 Å². The maximum absolute atomic E-state index is 13.4. The van der Waals surface area contributed by atoms with E-state index in [2.05, 4.69) is 0 Å². The van der Waals surface area contributed by atoms with Crippen LogP contribution in [-0.4, -0.2) is 29.4 Å². The number of sulfonamides is 1. The van der Waals surface area contributed by atoms with Crippen LogP contribution in [0.15, 0.2) is 59.5 Å². The van der Waals surface area contributed by atoms with Gasteiger partial charge in [-0.15, -0.1) is 0 Å². The Morgan fingerprint density at radius 1 is 1.08 bits per heavy atom. The summed E-state index contributed by atoms with van der Waals surface area (Å²) in [6.45, 7) is 3.71. The minimum atomic E-state index is -3.64. The number of rotatable bonds is 4. The van der Waals surface area contributed by atoms with Crippen LogP contribution in [0.1, 0.15) is 43.7 Å². The lowest BCUT2D eigenvalue weighted by molar-refractivity contribution is -0.00584. The molecule has 4 nitrogen and oxygen atoms in total. The fourth-order valence-corrected chi connectivity index (χ4v) is 6.83. The summed E-state index contributed by atoms with van der Waals surface area (Å²) < 4.78 is 28.3. The van der Waals surface area contributed by atoms with Gasteiger partial charge in [-0.1, -0.05) is 60.9 Å². The van der Waals surface area contributed by atoms with Gasteiger partial charge in [-0.3, -0.25) is 0 Å². The predicted molar refractivity (Wildman–Crippen MR) is 101 cm³/mol. The maximum Gasteiger partial charge on any atom is 0.244 e. The van der Waals surface area contributed by atoms with Gasteiger partial charge in [-0.25, -0.2) is 8.42 Å². The summed E-state index contributed by atoms with van der Waals surface area (Å²) in [5.74, 6) is 0. The molecule has 5 heteroatoms. The highest BCUT2D eigenvalue weighted by molar-refractivity contribution is 7.89. The molecule has 0 aromatic heterocycles. The van der Waals surface area contributed by atoms with Crippen LogP contribution in [0, 0.1) is 6.92 Å². The lowest BCUT2D eigenvalue weighted by atomic mass is 9.74. The zero-order chi connectivity index (χ0) is 18.6. The molecule has 2 aromatic rings. The third kappa shape index (κ3) is 2.38. The van der Waals surface area contributed by atoms with Crippen molar-refractivity contribution in [2.45, 2.75) is 61.6 Å². The third-order valence-corrected chi connectivity index (χ3v) is 8.17. The molecule has 1 aliphatic heterocycles. The number of hydrogen-bond donors (Lipinski definition) is 1. The summed E-state index contributed by atoms with van der Waals surface area (Å²) in [6.07, 6.45) is 3.41. The summed E-state index contributed by atoms with van der Waals surface area (Å²) in [4.78, 5) is 0.306. The third-order valence-electron chi connectivity index (χ3n) is 6.20. The fourth-order valence-electron chi connectivity index (χ4n) is 4.73. The maximum atomic E-state index is 13.4. The van der Waals surface area contributed by atoms with Gasteiger partial charge in [0.1, 0.15) is 5.60 Å². The van der Waals surface area contributed by atoms with Crippen molar-refractivity contribution in [1.82, 2.24) is 4.31 Å². The number of nitrogens with zero attached hydrogens (tertiary/aromatic N) is 1. The molecule has 138 valence electrons. The van der Waals surface area contributed by atoms with E-state index in [1.165, 1.54) is 0 Å². The highest BCUT2D eigenvalue weighted by Gasteiger charge is 2.75. The Kier molecular flexibility index (Phi) is 4.03. The summed E-state index contributed by atoms with van der Waals surface area (Å²) in [5.41, 5.74) is -0.181. The molecule has 1 heterocycles. The number of benzene rings is 2. The summed E-state index contributed by atoms with van der Waals surface area (Å²) in [5, 5.41) is 11.5. The van der Waals surface area contributed by atoms with Crippen LogP contribution in [0.3, 0.4) is 0 Å². The van der Waals surface area contributed by atoms with Crippen molar-refractivity contribution in [1.29, 1.82) is 0 Å². The van der Waals surface area contributed by atoms with E-state index in [1.54, 1.807) is 23.4 Å². The van der Waals surface area contributed by atoms with E-state index in [9.17, 15) is 13.5 Å². The first-order valence-corrected chi connectivity index (χ1v) is 10.6. The zero-order valence-electron chi connectivity index (χ0n) is 15.2. The topological polar surface area (TPSA) is 57.4 Å². The van der Waals surface area contributed by atoms with Crippen molar-refractivity contribution >= 4 is 10.0 Å². The molecule has 0 spiro atoms. The van der Waals surface area contributed by atoms with Gasteiger partial charge in [0.15, 0.2) is 0 Å². The van der Waals surface area contributed by atoms with E-state index in [0.717, 1.165) is 30.4 Å². The summed E-state index contributed by atoms with van der Waals surface area (Å²) >= 11 is 0. The largest absolute Gasteiger partial charge is 0.383 e. The molecule has 1 N–H and O–H groups in total. The first kappa shape index (κ1) is 17.7. The van der Waals surface area contributed by atoms with Crippen molar-refractivity contribution < 1.29 is 13.5 Å². The van der Waals surface area contributed by atoms with Gasteiger partial charge in [-0.05, 0) is 44.4 Å². The SMILES string of the molecule is Cc1ccc(S(=O)(=O)N2[C@H]3CCCC[C@]32[C@@](C)(O)c2ccccc2)cc1. The smallest absolute Gasteiger partial charge is 0.244 e. The van der Waals surface area contributed by atoms with E-state index in [-0.39, 0.29) is 6.04 Å². The first-order chi connectivity index (χ1) is 12.3. The Hall–Kier alpha value is -1.69. The molecule has 0 bridgehead atoms. The van der Waals surface area contributed by atoms with Gasteiger partial charge >= 0.3 is 0 Å². The minimum Gasteiger partial charge on any atom is -0.383 e.